The van der Waals surface area contributed by atoms with Crippen LogP contribution in [0, 0.1) is 0 Å². The summed E-state index contributed by atoms with van der Waals surface area (Å²) in [5.74, 6) is 0. The van der Waals surface area contributed by atoms with Gasteiger partial charge in [0.25, 0.3) is 0 Å². The van der Waals surface area contributed by atoms with Crippen molar-refractivity contribution in [3.05, 3.63) is 0 Å². The van der Waals surface area contributed by atoms with Crippen molar-refractivity contribution >= 4 is 34.5 Å². The molecule has 0 aromatic rings. The van der Waals surface area contributed by atoms with Crippen LogP contribution < -0.4 is 0 Å². The third kappa shape index (κ3) is 14.5. The Kier molecular flexibility index (Phi) is 17.6. The maximum atomic E-state index is 8.29. The average molecular weight is 357 g/mol. The Bertz CT molecular complexity index is 170. The molecule has 0 amide bonds. The third-order valence-electron chi connectivity index (χ3n) is 0.916. The SMILES string of the molecule is OCC(O)C(O)=S.OCC(O)C(O)=S.[Cd]. The Morgan fingerprint density at radius 3 is 1.07 bits per heavy atom. The summed E-state index contributed by atoms with van der Waals surface area (Å²) in [6, 6.07) is 0. The molecule has 0 saturated heterocycles. The molecule has 0 aromatic heterocycles. The molecule has 9 heteroatoms. The van der Waals surface area contributed by atoms with Gasteiger partial charge in [0.1, 0.15) is 12.2 Å². The topological polar surface area (TPSA) is 121 Å². The summed E-state index contributed by atoms with van der Waals surface area (Å²) < 4.78 is 0. The van der Waals surface area contributed by atoms with E-state index in [0.29, 0.717) is 0 Å². The first kappa shape index (κ1) is 20.9. The molecule has 6 nitrogen and oxygen atoms in total. The van der Waals surface area contributed by atoms with Gasteiger partial charge >= 0.3 is 0 Å². The molecule has 0 saturated carbocycles. The molecule has 0 aromatic carbocycles. The zero-order valence-electron chi connectivity index (χ0n) is 7.78. The predicted octanol–water partition coefficient (Wildman–Crippen LogP) is -1.55. The van der Waals surface area contributed by atoms with Gasteiger partial charge in [0.05, 0.1) is 13.2 Å². The maximum Gasteiger partial charge on any atom is 0.188 e. The number of rotatable bonds is 4. The smallest absolute Gasteiger partial charge is 0.188 e. The van der Waals surface area contributed by atoms with Crippen LogP contribution in [-0.2, 0) is 27.3 Å². The van der Waals surface area contributed by atoms with E-state index in [2.05, 4.69) is 24.4 Å². The maximum absolute atomic E-state index is 8.29. The summed E-state index contributed by atoms with van der Waals surface area (Å²) in [7, 11) is 0. The molecular weight excluding hydrogens is 345 g/mol. The van der Waals surface area contributed by atoms with E-state index in [4.69, 9.17) is 30.6 Å². The van der Waals surface area contributed by atoms with E-state index in [1.54, 1.807) is 0 Å². The normalized spacial score (nSPS) is 12.5. The first-order chi connectivity index (χ1) is 6.36. The molecule has 0 aliphatic heterocycles. The molecular formula is C6H12CdO6S2. The van der Waals surface area contributed by atoms with Crippen LogP contribution in [0.15, 0.2) is 0 Å². The van der Waals surface area contributed by atoms with Crippen LogP contribution in [-0.4, -0.2) is 66.2 Å². The van der Waals surface area contributed by atoms with Crippen molar-refractivity contribution in [1.29, 1.82) is 0 Å². The summed E-state index contributed by atoms with van der Waals surface area (Å²) in [6.45, 7) is -1.04. The van der Waals surface area contributed by atoms with Crippen molar-refractivity contribution < 1.29 is 57.9 Å². The van der Waals surface area contributed by atoms with Gasteiger partial charge < -0.3 is 30.6 Å². The van der Waals surface area contributed by atoms with Crippen LogP contribution in [0.25, 0.3) is 0 Å². The second-order valence-corrected chi connectivity index (χ2v) is 2.91. The molecule has 0 radical (unpaired) electrons. The van der Waals surface area contributed by atoms with Crippen LogP contribution in [0.1, 0.15) is 0 Å². The molecule has 15 heavy (non-hydrogen) atoms. The summed E-state index contributed by atoms with van der Waals surface area (Å²) in [5, 5.41) is 47.8. The van der Waals surface area contributed by atoms with Crippen molar-refractivity contribution in [2.45, 2.75) is 12.2 Å². The zero-order valence-corrected chi connectivity index (χ0v) is 13.4. The van der Waals surface area contributed by atoms with Crippen LogP contribution in [0.3, 0.4) is 0 Å². The summed E-state index contributed by atoms with van der Waals surface area (Å²) in [6.07, 6.45) is -2.51. The molecule has 0 bridgehead atoms. The van der Waals surface area contributed by atoms with Gasteiger partial charge in [-0.3, -0.25) is 0 Å². The van der Waals surface area contributed by atoms with Crippen LogP contribution in [0.5, 0.6) is 0 Å². The van der Waals surface area contributed by atoms with Gasteiger partial charge in [-0.15, -0.1) is 0 Å². The average Bonchev–Trinajstić information content (AvgIpc) is 2.15. The Balaban J connectivity index is -0.000000180. The molecule has 2 unspecified atom stereocenters. The fourth-order valence-corrected chi connectivity index (χ4v) is 0.305. The van der Waals surface area contributed by atoms with Gasteiger partial charge in [-0.25, -0.2) is 0 Å². The van der Waals surface area contributed by atoms with E-state index in [-0.39, 0.29) is 27.3 Å². The second-order valence-electron chi connectivity index (χ2n) is 2.07. The predicted molar refractivity (Wildman–Crippen MR) is 56.6 cm³/mol. The van der Waals surface area contributed by atoms with E-state index < -0.39 is 35.5 Å². The zero-order chi connectivity index (χ0) is 11.7. The first-order valence-corrected chi connectivity index (χ1v) is 4.21. The fourth-order valence-electron chi connectivity index (χ4n) is 0.156. The van der Waals surface area contributed by atoms with E-state index in [1.807, 2.05) is 0 Å². The molecule has 6 N–H and O–H groups in total. The minimum Gasteiger partial charge on any atom is -0.500 e. The number of aliphatic hydroxyl groups is 6. The summed E-state index contributed by atoms with van der Waals surface area (Å²) in [4.78, 5) is 0. The minimum atomic E-state index is -1.25. The number of hydrogen-bond acceptors (Lipinski definition) is 6. The molecule has 2 atom stereocenters. The molecule has 0 heterocycles. The Labute approximate surface area is 117 Å². The van der Waals surface area contributed by atoms with Gasteiger partial charge in [0, 0.05) is 27.3 Å². The summed E-state index contributed by atoms with van der Waals surface area (Å²) >= 11 is 8.13. The van der Waals surface area contributed by atoms with Crippen molar-refractivity contribution in [3.63, 3.8) is 0 Å². The van der Waals surface area contributed by atoms with E-state index in [9.17, 15) is 0 Å². The van der Waals surface area contributed by atoms with Crippen molar-refractivity contribution in [1.82, 2.24) is 0 Å². The molecule has 0 fully saturated rings. The Morgan fingerprint density at radius 1 is 0.867 bits per heavy atom. The van der Waals surface area contributed by atoms with Gasteiger partial charge in [-0.05, 0) is 24.4 Å². The van der Waals surface area contributed by atoms with Gasteiger partial charge in [-0.2, -0.15) is 0 Å². The second kappa shape index (κ2) is 12.6. The van der Waals surface area contributed by atoms with Crippen LogP contribution in [0.2, 0.25) is 0 Å². The van der Waals surface area contributed by atoms with E-state index in [1.165, 1.54) is 0 Å². The number of aliphatic hydroxyl groups excluding tert-OH is 6. The molecule has 86 valence electrons. The monoisotopic (exact) mass is 358 g/mol. The molecule has 0 rings (SSSR count). The summed E-state index contributed by atoms with van der Waals surface area (Å²) in [5.41, 5.74) is 0. The first-order valence-electron chi connectivity index (χ1n) is 3.40. The third-order valence-corrected chi connectivity index (χ3v) is 1.46. The molecule has 0 aliphatic carbocycles. The molecule has 0 spiro atoms. The standard InChI is InChI=1S/2C3H6O3S.Cd/c2*4-1-2(5)3(6)7;/h2*2,4-5H,1H2,(H,6,7);. The largest absolute Gasteiger partial charge is 0.500 e. The van der Waals surface area contributed by atoms with Gasteiger partial charge in [0.2, 0.25) is 0 Å². The minimum absolute atomic E-state index is 0. The number of hydrogen-bond donors (Lipinski definition) is 6. The van der Waals surface area contributed by atoms with Crippen LogP contribution in [0.4, 0.5) is 0 Å². The van der Waals surface area contributed by atoms with E-state index in [0.717, 1.165) is 0 Å². The Morgan fingerprint density at radius 2 is 1.07 bits per heavy atom. The fraction of sp³-hybridized carbons (Fsp3) is 0.667. The van der Waals surface area contributed by atoms with Crippen molar-refractivity contribution in [2.24, 2.45) is 0 Å². The van der Waals surface area contributed by atoms with E-state index >= 15 is 0 Å². The Hall–Kier alpha value is 0.542. The van der Waals surface area contributed by atoms with Crippen LogP contribution >= 0.6 is 24.4 Å². The van der Waals surface area contributed by atoms with Gasteiger partial charge in [0.15, 0.2) is 10.1 Å². The van der Waals surface area contributed by atoms with Crippen molar-refractivity contribution in [2.75, 3.05) is 13.2 Å². The van der Waals surface area contributed by atoms with Crippen molar-refractivity contribution in [3.8, 4) is 0 Å². The number of thiocarbonyl (C=S) groups is 2. The van der Waals surface area contributed by atoms with Gasteiger partial charge in [-0.1, -0.05) is 0 Å². The molecule has 0 aliphatic rings. The quantitative estimate of drug-likeness (QED) is 0.264.